The second kappa shape index (κ2) is 18.7. The highest BCUT2D eigenvalue weighted by Crippen LogP contribution is 2.44. The second-order valence-electron chi connectivity index (χ2n) is 14.8. The molecule has 1 heterocycles. The Morgan fingerprint density at radius 1 is 0.673 bits per heavy atom. The third-order valence-electron chi connectivity index (χ3n) is 10.8. The van der Waals surface area contributed by atoms with Gasteiger partial charge in [0.2, 0.25) is 11.8 Å². The summed E-state index contributed by atoms with van der Waals surface area (Å²) in [6, 6.07) is 33.7. The number of Topliss-reactive ketones (excluding diaryl/α,β-unsaturated/α-hetero) is 1. The van der Waals surface area contributed by atoms with Gasteiger partial charge < -0.3 is 19.3 Å². The minimum atomic E-state index is -1.15. The van der Waals surface area contributed by atoms with Crippen LogP contribution in [0, 0.1) is 11.8 Å². The Morgan fingerprint density at radius 2 is 1.20 bits per heavy atom. The van der Waals surface area contributed by atoms with Crippen molar-refractivity contribution in [3.05, 3.63) is 131 Å². The largest absolute Gasteiger partial charge is 0.465 e. The Kier molecular flexibility index (Phi) is 13.3. The summed E-state index contributed by atoms with van der Waals surface area (Å²) in [6.07, 6.45) is 2.38. The first-order valence-electron chi connectivity index (χ1n) is 19.3. The van der Waals surface area contributed by atoms with E-state index < -0.39 is 35.7 Å². The molecular weight excluding hydrogens is 693 g/mol. The standard InChI is InChI=1S/C46H50N2O7/c1-32(45(52)48-24-14-5-15-25-48)26-42(49)41(27-33-16-6-3-7-17-33)47(2)46(53)35(28-43(50)54-30-34-18-8-4-9-19-34)29-44(51)55-31-40-38-22-12-10-20-36(38)37-21-11-13-23-39(37)40/h3-4,6-13,16-23,32,35,40-41H,5,14-15,24-31H2,1-2H3/t32-,35-,41+/m1/s1. The molecule has 1 aliphatic heterocycles. The highest BCUT2D eigenvalue weighted by Gasteiger charge is 2.37. The number of likely N-dealkylation sites (N-methyl/N-ethyl adjacent to an activating group) is 1. The van der Waals surface area contributed by atoms with Gasteiger partial charge in [-0.2, -0.15) is 0 Å². The molecule has 1 saturated heterocycles. The van der Waals surface area contributed by atoms with Crippen molar-refractivity contribution < 1.29 is 33.4 Å². The smallest absolute Gasteiger partial charge is 0.306 e. The lowest BCUT2D eigenvalue weighted by Gasteiger charge is -2.32. The van der Waals surface area contributed by atoms with Gasteiger partial charge in [-0.05, 0) is 59.1 Å². The van der Waals surface area contributed by atoms with Gasteiger partial charge in [-0.3, -0.25) is 24.0 Å². The molecule has 0 unspecified atom stereocenters. The molecule has 1 aliphatic carbocycles. The van der Waals surface area contributed by atoms with Crippen molar-refractivity contribution in [3.8, 4) is 11.1 Å². The number of nitrogens with zero attached hydrogens (tertiary/aromatic N) is 2. The van der Waals surface area contributed by atoms with Crippen molar-refractivity contribution in [1.29, 1.82) is 0 Å². The van der Waals surface area contributed by atoms with Crippen molar-refractivity contribution in [2.24, 2.45) is 11.8 Å². The van der Waals surface area contributed by atoms with E-state index in [4.69, 9.17) is 9.47 Å². The summed E-state index contributed by atoms with van der Waals surface area (Å²) in [5, 5.41) is 0. The van der Waals surface area contributed by atoms with Gasteiger partial charge in [-0.1, -0.05) is 116 Å². The fraction of sp³-hybridized carbons (Fsp3) is 0.370. The number of likely N-dealkylation sites (tertiary alicyclic amines) is 1. The molecule has 0 aromatic heterocycles. The number of fused-ring (bicyclic) bond motifs is 3. The molecule has 2 aliphatic rings. The van der Waals surface area contributed by atoms with Gasteiger partial charge in [0.05, 0.1) is 24.8 Å². The lowest BCUT2D eigenvalue weighted by atomic mass is 9.92. The fourth-order valence-electron chi connectivity index (χ4n) is 7.82. The molecule has 6 rings (SSSR count). The van der Waals surface area contributed by atoms with Crippen LogP contribution in [0.25, 0.3) is 11.1 Å². The molecule has 55 heavy (non-hydrogen) atoms. The Bertz CT molecular complexity index is 1910. The summed E-state index contributed by atoms with van der Waals surface area (Å²) in [4.78, 5) is 72.0. The molecule has 4 aromatic rings. The summed E-state index contributed by atoms with van der Waals surface area (Å²) in [5.74, 6) is -4.02. The first-order chi connectivity index (χ1) is 26.7. The maximum absolute atomic E-state index is 14.5. The number of ether oxygens (including phenoxy) is 2. The van der Waals surface area contributed by atoms with E-state index in [2.05, 4.69) is 12.1 Å². The summed E-state index contributed by atoms with van der Waals surface area (Å²) in [6.45, 7) is 3.21. The van der Waals surface area contributed by atoms with Crippen LogP contribution in [0.4, 0.5) is 0 Å². The molecule has 9 nitrogen and oxygen atoms in total. The molecule has 0 bridgehead atoms. The zero-order valence-electron chi connectivity index (χ0n) is 31.7. The molecule has 0 N–H and O–H groups in total. The van der Waals surface area contributed by atoms with Gasteiger partial charge in [0.15, 0.2) is 5.78 Å². The van der Waals surface area contributed by atoms with Gasteiger partial charge >= 0.3 is 11.9 Å². The number of benzene rings is 4. The van der Waals surface area contributed by atoms with Crippen LogP contribution in [-0.4, -0.2) is 72.1 Å². The third-order valence-corrected chi connectivity index (χ3v) is 10.8. The maximum atomic E-state index is 14.5. The Balaban J connectivity index is 1.19. The maximum Gasteiger partial charge on any atom is 0.306 e. The van der Waals surface area contributed by atoms with Crippen LogP contribution >= 0.6 is 0 Å². The topological polar surface area (TPSA) is 110 Å². The van der Waals surface area contributed by atoms with E-state index in [1.54, 1.807) is 6.92 Å². The number of ketones is 1. The van der Waals surface area contributed by atoms with Gasteiger partial charge in [-0.25, -0.2) is 0 Å². The van der Waals surface area contributed by atoms with E-state index in [1.165, 1.54) is 11.9 Å². The monoisotopic (exact) mass is 742 g/mol. The van der Waals surface area contributed by atoms with E-state index >= 15 is 0 Å². The zero-order chi connectivity index (χ0) is 38.7. The van der Waals surface area contributed by atoms with E-state index in [0.29, 0.717) is 13.1 Å². The molecule has 4 aromatic carbocycles. The molecule has 0 spiro atoms. The van der Waals surface area contributed by atoms with E-state index in [9.17, 15) is 24.0 Å². The van der Waals surface area contributed by atoms with Crippen molar-refractivity contribution >= 4 is 29.5 Å². The highest BCUT2D eigenvalue weighted by molar-refractivity contribution is 5.94. The average Bonchev–Trinajstić information content (AvgIpc) is 3.54. The lowest BCUT2D eigenvalue weighted by Crippen LogP contribution is -2.48. The first-order valence-corrected chi connectivity index (χ1v) is 19.3. The summed E-state index contributed by atoms with van der Waals surface area (Å²) < 4.78 is 11.4. The fourth-order valence-corrected chi connectivity index (χ4v) is 7.82. The lowest BCUT2D eigenvalue weighted by molar-refractivity contribution is -0.155. The second-order valence-corrected chi connectivity index (χ2v) is 14.8. The Labute approximate surface area is 323 Å². The minimum absolute atomic E-state index is 0.0133. The van der Waals surface area contributed by atoms with Crippen LogP contribution in [0.15, 0.2) is 109 Å². The molecule has 3 atom stereocenters. The molecule has 1 fully saturated rings. The average molecular weight is 743 g/mol. The number of amides is 2. The molecule has 9 heteroatoms. The van der Waals surface area contributed by atoms with Crippen LogP contribution in [0.2, 0.25) is 0 Å². The van der Waals surface area contributed by atoms with E-state index in [1.807, 2.05) is 102 Å². The van der Waals surface area contributed by atoms with Crippen LogP contribution in [-0.2, 0) is 46.5 Å². The van der Waals surface area contributed by atoms with Gasteiger partial charge in [0.25, 0.3) is 0 Å². The van der Waals surface area contributed by atoms with Crippen molar-refractivity contribution in [3.63, 3.8) is 0 Å². The van der Waals surface area contributed by atoms with E-state index in [0.717, 1.165) is 52.6 Å². The normalized spacial score (nSPS) is 15.2. The molecule has 286 valence electrons. The van der Waals surface area contributed by atoms with Crippen LogP contribution in [0.5, 0.6) is 0 Å². The Morgan fingerprint density at radius 3 is 1.80 bits per heavy atom. The van der Waals surface area contributed by atoms with Crippen LogP contribution < -0.4 is 0 Å². The number of piperidine rings is 1. The van der Waals surface area contributed by atoms with E-state index in [-0.39, 0.29) is 56.5 Å². The summed E-state index contributed by atoms with van der Waals surface area (Å²) >= 11 is 0. The number of esters is 2. The number of carbonyl (C=O) groups excluding carboxylic acids is 5. The molecule has 2 amide bonds. The van der Waals surface area contributed by atoms with Gasteiger partial charge in [0, 0.05) is 38.4 Å². The quantitative estimate of drug-likeness (QED) is 0.112. The van der Waals surface area contributed by atoms with Crippen LogP contribution in [0.1, 0.15) is 73.6 Å². The predicted octanol–water partition coefficient (Wildman–Crippen LogP) is 7.16. The number of hydrogen-bond acceptors (Lipinski definition) is 7. The predicted molar refractivity (Wildman–Crippen MR) is 210 cm³/mol. The number of hydrogen-bond donors (Lipinski definition) is 0. The van der Waals surface area contributed by atoms with Crippen LogP contribution in [0.3, 0.4) is 0 Å². The molecular formula is C46H50N2O7. The third kappa shape index (κ3) is 9.95. The van der Waals surface area contributed by atoms with Crippen molar-refractivity contribution in [2.45, 2.75) is 70.4 Å². The molecule has 0 saturated carbocycles. The van der Waals surface area contributed by atoms with Crippen molar-refractivity contribution in [1.82, 2.24) is 9.80 Å². The summed E-state index contributed by atoms with van der Waals surface area (Å²) in [7, 11) is 1.53. The SMILES string of the molecule is C[C@H](CC(=O)[C@H](Cc1ccccc1)N(C)C(=O)[C@H](CC(=O)OCc1ccccc1)CC(=O)OCC1c2ccccc2-c2ccccc21)C(=O)N1CCCCC1. The summed E-state index contributed by atoms with van der Waals surface area (Å²) in [5.41, 5.74) is 5.93. The van der Waals surface area contributed by atoms with Gasteiger partial charge in [0.1, 0.15) is 13.2 Å². The van der Waals surface area contributed by atoms with Gasteiger partial charge in [-0.15, -0.1) is 0 Å². The highest BCUT2D eigenvalue weighted by atomic mass is 16.5. The number of carbonyl (C=O) groups is 5. The molecule has 0 radical (unpaired) electrons. The Hall–Kier alpha value is -5.57. The first kappa shape index (κ1) is 39.1. The zero-order valence-corrected chi connectivity index (χ0v) is 31.7. The number of rotatable bonds is 16. The minimum Gasteiger partial charge on any atom is -0.465 e. The van der Waals surface area contributed by atoms with Crippen molar-refractivity contribution in [2.75, 3.05) is 26.7 Å².